The van der Waals surface area contributed by atoms with Crippen LogP contribution in [0.4, 0.5) is 0 Å². The van der Waals surface area contributed by atoms with Crippen LogP contribution in [0.25, 0.3) is 0 Å². The Morgan fingerprint density at radius 1 is 1.35 bits per heavy atom. The van der Waals surface area contributed by atoms with Gasteiger partial charge in [0.1, 0.15) is 5.75 Å². The maximum atomic E-state index is 9.17. The normalized spacial score (nSPS) is 11.6. The number of aliphatic hydroxyl groups excluding tert-OH is 1. The molecule has 96 valence electrons. The van der Waals surface area contributed by atoms with Gasteiger partial charge in [-0.15, -0.1) is 0 Å². The molecule has 0 unspecified atom stereocenters. The lowest BCUT2D eigenvalue weighted by Gasteiger charge is -2.23. The first-order chi connectivity index (χ1) is 8.02. The van der Waals surface area contributed by atoms with Gasteiger partial charge < -0.3 is 15.2 Å². The van der Waals surface area contributed by atoms with E-state index >= 15 is 0 Å². The Bertz CT molecular complexity index is 361. The van der Waals surface area contributed by atoms with Gasteiger partial charge in [-0.25, -0.2) is 0 Å². The monoisotopic (exact) mass is 237 g/mol. The highest BCUT2D eigenvalue weighted by Gasteiger charge is 2.15. The summed E-state index contributed by atoms with van der Waals surface area (Å²) in [7, 11) is 1.70. The van der Waals surface area contributed by atoms with Crippen molar-refractivity contribution in [2.45, 2.75) is 39.3 Å². The van der Waals surface area contributed by atoms with Crippen molar-refractivity contribution in [2.24, 2.45) is 0 Å². The average molecular weight is 237 g/mol. The van der Waals surface area contributed by atoms with Crippen LogP contribution in [0.2, 0.25) is 0 Å². The average Bonchev–Trinajstić information content (AvgIpc) is 2.36. The highest BCUT2D eigenvalue weighted by atomic mass is 16.5. The molecule has 0 atom stereocenters. The molecule has 0 bridgehead atoms. The molecule has 1 aromatic carbocycles. The van der Waals surface area contributed by atoms with E-state index in [0.717, 1.165) is 18.7 Å². The first kappa shape index (κ1) is 14.0. The van der Waals surface area contributed by atoms with Crippen molar-refractivity contribution in [3.8, 4) is 5.75 Å². The molecule has 0 aliphatic rings. The minimum absolute atomic E-state index is 0.129. The van der Waals surface area contributed by atoms with Crippen LogP contribution in [-0.4, -0.2) is 24.4 Å². The Morgan fingerprint density at radius 3 is 2.59 bits per heavy atom. The molecule has 0 spiro atoms. The van der Waals surface area contributed by atoms with Crippen molar-refractivity contribution >= 4 is 0 Å². The highest BCUT2D eigenvalue weighted by Crippen LogP contribution is 2.20. The fourth-order valence-corrected chi connectivity index (χ4v) is 1.62. The zero-order chi connectivity index (χ0) is 12.9. The largest absolute Gasteiger partial charge is 0.496 e. The Balaban J connectivity index is 2.73. The molecule has 3 nitrogen and oxygen atoms in total. The van der Waals surface area contributed by atoms with Crippen molar-refractivity contribution in [1.29, 1.82) is 0 Å². The van der Waals surface area contributed by atoms with E-state index in [1.54, 1.807) is 7.11 Å². The van der Waals surface area contributed by atoms with Gasteiger partial charge in [-0.1, -0.05) is 19.1 Å². The minimum atomic E-state index is -0.244. The molecular formula is C14H23NO2. The smallest absolute Gasteiger partial charge is 0.122 e. The molecule has 1 rings (SSSR count). The van der Waals surface area contributed by atoms with E-state index < -0.39 is 0 Å². The number of aryl methyl sites for hydroxylation is 1. The molecule has 1 aromatic rings. The quantitative estimate of drug-likeness (QED) is 0.796. The second kappa shape index (κ2) is 6.03. The van der Waals surface area contributed by atoms with Crippen LogP contribution in [0.5, 0.6) is 5.75 Å². The number of methoxy groups -OCH3 is 1. The minimum Gasteiger partial charge on any atom is -0.496 e. The SMILES string of the molecule is CCc1cc(CNC(C)(C)CO)ccc1OC. The van der Waals surface area contributed by atoms with E-state index in [2.05, 4.69) is 24.4 Å². The number of rotatable bonds is 6. The van der Waals surface area contributed by atoms with E-state index in [4.69, 9.17) is 4.74 Å². The predicted molar refractivity (Wildman–Crippen MR) is 70.4 cm³/mol. The van der Waals surface area contributed by atoms with E-state index in [1.165, 1.54) is 11.1 Å². The molecule has 17 heavy (non-hydrogen) atoms. The van der Waals surface area contributed by atoms with Gasteiger partial charge >= 0.3 is 0 Å². The van der Waals surface area contributed by atoms with Crippen LogP contribution >= 0.6 is 0 Å². The topological polar surface area (TPSA) is 41.5 Å². The van der Waals surface area contributed by atoms with Crippen molar-refractivity contribution in [3.63, 3.8) is 0 Å². The maximum absolute atomic E-state index is 9.17. The molecule has 0 saturated carbocycles. The molecule has 0 aromatic heterocycles. The number of hydrogen-bond acceptors (Lipinski definition) is 3. The van der Waals surface area contributed by atoms with Crippen LogP contribution in [0.1, 0.15) is 31.9 Å². The lowest BCUT2D eigenvalue weighted by atomic mass is 10.0. The van der Waals surface area contributed by atoms with Gasteiger partial charge in [-0.2, -0.15) is 0 Å². The van der Waals surface area contributed by atoms with Crippen molar-refractivity contribution < 1.29 is 9.84 Å². The summed E-state index contributed by atoms with van der Waals surface area (Å²) in [4.78, 5) is 0. The molecule has 0 aliphatic carbocycles. The summed E-state index contributed by atoms with van der Waals surface area (Å²) in [6.45, 7) is 6.97. The summed E-state index contributed by atoms with van der Waals surface area (Å²) in [6.07, 6.45) is 0.959. The molecule has 0 amide bonds. The summed E-state index contributed by atoms with van der Waals surface area (Å²) >= 11 is 0. The van der Waals surface area contributed by atoms with Gasteiger partial charge in [0.05, 0.1) is 13.7 Å². The van der Waals surface area contributed by atoms with Gasteiger partial charge in [0.2, 0.25) is 0 Å². The van der Waals surface area contributed by atoms with Crippen LogP contribution in [0.15, 0.2) is 18.2 Å². The molecule has 3 heteroatoms. The predicted octanol–water partition coefficient (Wildman–Crippen LogP) is 2.12. The van der Waals surface area contributed by atoms with E-state index in [1.807, 2.05) is 19.9 Å². The molecule has 0 radical (unpaired) electrons. The third-order valence-corrected chi connectivity index (χ3v) is 2.89. The number of nitrogens with one attached hydrogen (secondary N) is 1. The summed E-state index contributed by atoms with van der Waals surface area (Å²) in [5.74, 6) is 0.942. The Hall–Kier alpha value is -1.06. The summed E-state index contributed by atoms with van der Waals surface area (Å²) < 4.78 is 5.30. The fraction of sp³-hybridized carbons (Fsp3) is 0.571. The summed E-state index contributed by atoms with van der Waals surface area (Å²) in [6, 6.07) is 6.21. The molecule has 0 heterocycles. The lowest BCUT2D eigenvalue weighted by Crippen LogP contribution is -2.42. The third-order valence-electron chi connectivity index (χ3n) is 2.89. The zero-order valence-electron chi connectivity index (χ0n) is 11.2. The number of hydrogen-bond donors (Lipinski definition) is 2. The third kappa shape index (κ3) is 4.02. The second-order valence-corrected chi connectivity index (χ2v) is 4.90. The molecular weight excluding hydrogens is 214 g/mol. The maximum Gasteiger partial charge on any atom is 0.122 e. The van der Waals surface area contributed by atoms with Crippen LogP contribution in [0.3, 0.4) is 0 Å². The fourth-order valence-electron chi connectivity index (χ4n) is 1.62. The first-order valence-electron chi connectivity index (χ1n) is 6.04. The number of ether oxygens (including phenoxy) is 1. The van der Waals surface area contributed by atoms with Gasteiger partial charge in [0.25, 0.3) is 0 Å². The van der Waals surface area contributed by atoms with Gasteiger partial charge in [0.15, 0.2) is 0 Å². The van der Waals surface area contributed by atoms with Crippen LogP contribution < -0.4 is 10.1 Å². The van der Waals surface area contributed by atoms with Gasteiger partial charge in [0, 0.05) is 12.1 Å². The van der Waals surface area contributed by atoms with Crippen molar-refractivity contribution in [3.05, 3.63) is 29.3 Å². The first-order valence-corrected chi connectivity index (χ1v) is 6.04. The van der Waals surface area contributed by atoms with Gasteiger partial charge in [-0.3, -0.25) is 0 Å². The number of aliphatic hydroxyl groups is 1. The Morgan fingerprint density at radius 2 is 2.06 bits per heavy atom. The van der Waals surface area contributed by atoms with E-state index in [9.17, 15) is 5.11 Å². The zero-order valence-corrected chi connectivity index (χ0v) is 11.2. The van der Waals surface area contributed by atoms with E-state index in [-0.39, 0.29) is 12.1 Å². The lowest BCUT2D eigenvalue weighted by molar-refractivity contribution is 0.187. The standard InChI is InChI=1S/C14H23NO2/c1-5-12-8-11(6-7-13(12)17-4)9-15-14(2,3)10-16/h6-8,15-16H,5,9-10H2,1-4H3. The summed E-state index contributed by atoms with van der Waals surface area (Å²) in [5, 5.41) is 12.5. The summed E-state index contributed by atoms with van der Waals surface area (Å²) in [5.41, 5.74) is 2.18. The molecule has 0 aliphatic heterocycles. The second-order valence-electron chi connectivity index (χ2n) is 4.90. The van der Waals surface area contributed by atoms with Crippen molar-refractivity contribution in [1.82, 2.24) is 5.32 Å². The van der Waals surface area contributed by atoms with Crippen LogP contribution in [0, 0.1) is 0 Å². The molecule has 0 fully saturated rings. The highest BCUT2D eigenvalue weighted by molar-refractivity contribution is 5.37. The van der Waals surface area contributed by atoms with Gasteiger partial charge in [-0.05, 0) is 37.5 Å². The Kier molecular flexibility index (Phi) is 4.97. The van der Waals surface area contributed by atoms with E-state index in [0.29, 0.717) is 0 Å². The molecule has 2 N–H and O–H groups in total. The van der Waals surface area contributed by atoms with Crippen LogP contribution in [-0.2, 0) is 13.0 Å². The number of benzene rings is 1. The molecule has 0 saturated heterocycles. The van der Waals surface area contributed by atoms with Crippen molar-refractivity contribution in [2.75, 3.05) is 13.7 Å². The Labute approximate surface area is 104 Å².